The normalized spacial score (nSPS) is 11.4. The van der Waals surface area contributed by atoms with Gasteiger partial charge >= 0.3 is 5.97 Å². The summed E-state index contributed by atoms with van der Waals surface area (Å²) in [6, 6.07) is 15.5. The lowest BCUT2D eigenvalue weighted by atomic mass is 10.1. The highest BCUT2D eigenvalue weighted by Gasteiger charge is 2.21. The van der Waals surface area contributed by atoms with Crippen LogP contribution in [0.1, 0.15) is 35.6 Å². The van der Waals surface area contributed by atoms with Crippen LogP contribution in [0.3, 0.4) is 0 Å². The fraction of sp³-hybridized carbons (Fsp3) is 0.286. The Kier molecular flexibility index (Phi) is 7.28. The second kappa shape index (κ2) is 9.90. The molecule has 2 aromatic carbocycles. The molecule has 0 aliphatic rings. The van der Waals surface area contributed by atoms with Crippen molar-refractivity contribution < 1.29 is 17.9 Å². The number of rotatable bonds is 9. The van der Waals surface area contributed by atoms with E-state index in [0.717, 1.165) is 5.56 Å². The molecule has 1 heterocycles. The lowest BCUT2D eigenvalue weighted by Gasteiger charge is -2.08. The summed E-state index contributed by atoms with van der Waals surface area (Å²) in [6.07, 6.45) is 0. The zero-order valence-electron chi connectivity index (χ0n) is 16.8. The third kappa shape index (κ3) is 5.28. The number of benzene rings is 2. The van der Waals surface area contributed by atoms with Gasteiger partial charge in [-0.3, -0.25) is 0 Å². The van der Waals surface area contributed by atoms with E-state index in [0.29, 0.717) is 35.4 Å². The van der Waals surface area contributed by atoms with E-state index in [2.05, 4.69) is 10.2 Å². The molecule has 0 amide bonds. The summed E-state index contributed by atoms with van der Waals surface area (Å²) in [7, 11) is -3.49. The first-order valence-electron chi connectivity index (χ1n) is 9.53. The largest absolute Gasteiger partial charge is 0.462 e. The molecule has 0 saturated carbocycles. The third-order valence-electron chi connectivity index (χ3n) is 4.36. The van der Waals surface area contributed by atoms with Gasteiger partial charge in [0.05, 0.1) is 17.1 Å². The van der Waals surface area contributed by atoms with E-state index >= 15 is 0 Å². The van der Waals surface area contributed by atoms with Gasteiger partial charge in [-0.05, 0) is 43.7 Å². The average Bonchev–Trinajstić information content (AvgIpc) is 3.14. The zero-order chi connectivity index (χ0) is 21.6. The molecule has 0 atom stereocenters. The quantitative estimate of drug-likeness (QED) is 0.366. The van der Waals surface area contributed by atoms with E-state index in [-0.39, 0.29) is 16.6 Å². The highest BCUT2D eigenvalue weighted by Crippen LogP contribution is 2.24. The molecule has 30 heavy (non-hydrogen) atoms. The molecule has 3 rings (SSSR count). The van der Waals surface area contributed by atoms with Gasteiger partial charge in [-0.2, -0.15) is 0 Å². The molecule has 0 aliphatic carbocycles. The van der Waals surface area contributed by atoms with E-state index in [1.165, 1.54) is 11.8 Å². The predicted molar refractivity (Wildman–Crippen MR) is 115 cm³/mol. The predicted octanol–water partition coefficient (Wildman–Crippen LogP) is 3.74. The molecule has 3 aromatic rings. The van der Waals surface area contributed by atoms with Crippen LogP contribution in [0.2, 0.25) is 0 Å². The fourth-order valence-electron chi connectivity index (χ4n) is 2.83. The minimum atomic E-state index is -3.49. The van der Waals surface area contributed by atoms with Crippen LogP contribution >= 0.6 is 11.8 Å². The molecule has 0 fully saturated rings. The molecule has 1 aromatic heterocycles. The maximum Gasteiger partial charge on any atom is 0.338 e. The Hall–Kier alpha value is -2.65. The van der Waals surface area contributed by atoms with Gasteiger partial charge in [-0.1, -0.05) is 42.1 Å². The highest BCUT2D eigenvalue weighted by molar-refractivity contribution is 7.98. The lowest BCUT2D eigenvalue weighted by molar-refractivity contribution is 0.0526. The molecule has 0 radical (unpaired) electrons. The number of carbonyl (C=O) groups excluding carboxylic acids is 1. The minimum absolute atomic E-state index is 0.202. The summed E-state index contributed by atoms with van der Waals surface area (Å²) in [5, 5.41) is 8.96. The second-order valence-electron chi connectivity index (χ2n) is 6.42. The van der Waals surface area contributed by atoms with Crippen LogP contribution in [-0.2, 0) is 32.6 Å². The Morgan fingerprint density at radius 1 is 1.03 bits per heavy atom. The topological polar surface area (TPSA) is 91.2 Å². The number of hydrogen-bond acceptors (Lipinski definition) is 7. The van der Waals surface area contributed by atoms with Gasteiger partial charge in [0.2, 0.25) is 0 Å². The third-order valence-corrected chi connectivity index (χ3v) is 7.03. The van der Waals surface area contributed by atoms with Crippen molar-refractivity contribution in [2.75, 3.05) is 6.61 Å². The Balaban J connectivity index is 1.69. The van der Waals surface area contributed by atoms with Gasteiger partial charge in [0.1, 0.15) is 11.6 Å². The van der Waals surface area contributed by atoms with E-state index in [4.69, 9.17) is 4.74 Å². The van der Waals surface area contributed by atoms with Crippen LogP contribution in [-0.4, -0.2) is 35.8 Å². The first-order valence-corrected chi connectivity index (χ1v) is 12.2. The summed E-state index contributed by atoms with van der Waals surface area (Å²) >= 11 is 1.47. The van der Waals surface area contributed by atoms with Gasteiger partial charge in [-0.15, -0.1) is 10.2 Å². The van der Waals surface area contributed by atoms with Crippen LogP contribution in [0.4, 0.5) is 0 Å². The van der Waals surface area contributed by atoms with Crippen molar-refractivity contribution in [3.63, 3.8) is 0 Å². The average molecular weight is 446 g/mol. The van der Waals surface area contributed by atoms with E-state index in [1.54, 1.807) is 49.4 Å². The first kappa shape index (κ1) is 22.0. The molecular formula is C21H23N3O4S2. The molecule has 0 bridgehead atoms. The molecule has 0 N–H and O–H groups in total. The van der Waals surface area contributed by atoms with Crippen LogP contribution < -0.4 is 0 Å². The lowest BCUT2D eigenvalue weighted by Crippen LogP contribution is -2.11. The van der Waals surface area contributed by atoms with Gasteiger partial charge in [0, 0.05) is 12.3 Å². The molecule has 0 saturated heterocycles. The number of ether oxygens (including phenoxy) is 1. The van der Waals surface area contributed by atoms with Crippen molar-refractivity contribution in [2.45, 2.75) is 41.9 Å². The maximum atomic E-state index is 12.7. The van der Waals surface area contributed by atoms with Gasteiger partial charge < -0.3 is 9.30 Å². The number of carbonyl (C=O) groups is 1. The molecule has 0 spiro atoms. The Morgan fingerprint density at radius 2 is 1.73 bits per heavy atom. The number of nitrogens with zero attached hydrogens (tertiary/aromatic N) is 3. The van der Waals surface area contributed by atoms with E-state index in [9.17, 15) is 13.2 Å². The zero-order valence-corrected chi connectivity index (χ0v) is 18.4. The number of aromatic nitrogens is 3. The molecule has 0 aliphatic heterocycles. The monoisotopic (exact) mass is 445 g/mol. The van der Waals surface area contributed by atoms with Crippen molar-refractivity contribution >= 4 is 27.6 Å². The SMILES string of the molecule is CCOC(=O)c1ccc(CSc2nnc(CS(=O)(=O)c3ccccc3)n2CC)cc1. The number of thioether (sulfide) groups is 1. The van der Waals surface area contributed by atoms with Crippen molar-refractivity contribution in [3.05, 3.63) is 71.5 Å². The molecular weight excluding hydrogens is 422 g/mol. The molecule has 158 valence electrons. The summed E-state index contributed by atoms with van der Waals surface area (Å²) in [4.78, 5) is 12.0. The Labute approximate surface area is 180 Å². The first-order chi connectivity index (χ1) is 14.4. The molecule has 0 unspecified atom stereocenters. The van der Waals surface area contributed by atoms with Crippen LogP contribution in [0.25, 0.3) is 0 Å². The summed E-state index contributed by atoms with van der Waals surface area (Å²) in [5.74, 6) is 0.493. The van der Waals surface area contributed by atoms with Gasteiger partial charge in [-0.25, -0.2) is 13.2 Å². The number of hydrogen-bond donors (Lipinski definition) is 0. The van der Waals surface area contributed by atoms with Crippen molar-refractivity contribution in [1.82, 2.24) is 14.8 Å². The van der Waals surface area contributed by atoms with Crippen LogP contribution in [0, 0.1) is 0 Å². The smallest absolute Gasteiger partial charge is 0.338 e. The van der Waals surface area contributed by atoms with Crippen molar-refractivity contribution in [3.8, 4) is 0 Å². The summed E-state index contributed by atoms with van der Waals surface area (Å²) in [6.45, 7) is 4.61. The van der Waals surface area contributed by atoms with Crippen molar-refractivity contribution in [2.24, 2.45) is 0 Å². The maximum absolute atomic E-state index is 12.7. The molecule has 7 nitrogen and oxygen atoms in total. The second-order valence-corrected chi connectivity index (χ2v) is 9.35. The van der Waals surface area contributed by atoms with Crippen LogP contribution in [0.15, 0.2) is 64.6 Å². The summed E-state index contributed by atoms with van der Waals surface area (Å²) < 4.78 is 32.1. The Bertz CT molecular complexity index is 1100. The van der Waals surface area contributed by atoms with E-state index < -0.39 is 9.84 Å². The standard InChI is InChI=1S/C21H23N3O4S2/c1-3-24-19(15-30(26,27)18-8-6-5-7-9-18)22-23-21(24)29-14-16-10-12-17(13-11-16)20(25)28-4-2/h5-13H,3-4,14-15H2,1-2H3. The number of sulfone groups is 1. The van der Waals surface area contributed by atoms with E-state index in [1.807, 2.05) is 23.6 Å². The van der Waals surface area contributed by atoms with Gasteiger partial charge in [0.25, 0.3) is 0 Å². The minimum Gasteiger partial charge on any atom is -0.462 e. The highest BCUT2D eigenvalue weighted by atomic mass is 32.2. The molecule has 9 heteroatoms. The fourth-order valence-corrected chi connectivity index (χ4v) is 5.10. The van der Waals surface area contributed by atoms with Crippen LogP contribution in [0.5, 0.6) is 0 Å². The Morgan fingerprint density at radius 3 is 2.37 bits per heavy atom. The number of esters is 1. The van der Waals surface area contributed by atoms with Crippen molar-refractivity contribution in [1.29, 1.82) is 0 Å². The van der Waals surface area contributed by atoms with Gasteiger partial charge in [0.15, 0.2) is 15.0 Å². The summed E-state index contributed by atoms with van der Waals surface area (Å²) in [5.41, 5.74) is 1.52.